The molecule has 0 radical (unpaired) electrons. The number of carbonyl (C=O) groups is 1. The van der Waals surface area contributed by atoms with E-state index in [9.17, 15) is 4.79 Å². The molecule has 1 amide bonds. The first kappa shape index (κ1) is 23.4. The fraction of sp³-hybridized carbons (Fsp3) is 0.115. The van der Waals surface area contributed by atoms with Crippen molar-refractivity contribution in [1.29, 1.82) is 5.26 Å². The Kier molecular flexibility index (Phi) is 7.21. The summed E-state index contributed by atoms with van der Waals surface area (Å²) in [6.07, 6.45) is 1.75. The van der Waals surface area contributed by atoms with Gasteiger partial charge in [-0.3, -0.25) is 9.69 Å². The molecule has 170 valence electrons. The Bertz CT molecular complexity index is 1310. The molecular formula is C26H20ClN3O3S. The van der Waals surface area contributed by atoms with Crippen LogP contribution in [0.25, 0.3) is 6.08 Å². The lowest BCUT2D eigenvalue weighted by atomic mass is 10.2. The predicted molar refractivity (Wildman–Crippen MR) is 136 cm³/mol. The summed E-state index contributed by atoms with van der Waals surface area (Å²) in [5, 5.41) is 10.0. The average Bonchev–Trinajstić information content (AvgIpc) is 3.18. The lowest BCUT2D eigenvalue weighted by molar-refractivity contribution is -0.113. The average molecular weight is 490 g/mol. The first-order chi connectivity index (χ1) is 16.5. The molecule has 3 aromatic carbocycles. The van der Waals surface area contributed by atoms with Crippen molar-refractivity contribution < 1.29 is 14.3 Å². The Labute approximate surface area is 207 Å². The molecule has 4 rings (SSSR count). The number of carbonyl (C=O) groups excluding carboxylic acids is 1. The van der Waals surface area contributed by atoms with E-state index in [0.717, 1.165) is 16.9 Å². The van der Waals surface area contributed by atoms with E-state index >= 15 is 0 Å². The van der Waals surface area contributed by atoms with Gasteiger partial charge in [0.2, 0.25) is 0 Å². The Morgan fingerprint density at radius 3 is 2.44 bits per heavy atom. The molecule has 1 aliphatic heterocycles. The zero-order chi connectivity index (χ0) is 24.1. The van der Waals surface area contributed by atoms with E-state index in [2.05, 4.69) is 11.1 Å². The Hall–Kier alpha value is -3.73. The van der Waals surface area contributed by atoms with Crippen LogP contribution in [-0.2, 0) is 10.5 Å². The molecule has 0 N–H and O–H groups in total. The van der Waals surface area contributed by atoms with E-state index in [1.807, 2.05) is 36.4 Å². The van der Waals surface area contributed by atoms with Gasteiger partial charge >= 0.3 is 0 Å². The van der Waals surface area contributed by atoms with Crippen molar-refractivity contribution in [2.45, 2.75) is 5.75 Å². The number of hydrogen-bond donors (Lipinski definition) is 0. The second-order valence-electron chi connectivity index (χ2n) is 7.25. The number of methoxy groups -OCH3 is 2. The Morgan fingerprint density at radius 2 is 1.79 bits per heavy atom. The number of aliphatic imine (C=N–C) groups is 1. The third-order valence-electron chi connectivity index (χ3n) is 5.09. The van der Waals surface area contributed by atoms with Crippen LogP contribution >= 0.6 is 23.4 Å². The van der Waals surface area contributed by atoms with Crippen LogP contribution in [-0.4, -0.2) is 25.3 Å². The lowest BCUT2D eigenvalue weighted by Crippen LogP contribution is -2.30. The monoisotopic (exact) mass is 489 g/mol. The first-order valence-corrected chi connectivity index (χ1v) is 11.6. The molecule has 0 aromatic heterocycles. The number of rotatable bonds is 6. The van der Waals surface area contributed by atoms with Gasteiger partial charge in [0.05, 0.1) is 36.6 Å². The molecule has 0 spiro atoms. The number of nitrogens with zero attached hydrogens (tertiary/aromatic N) is 3. The molecule has 0 saturated heterocycles. The molecule has 1 aliphatic rings. The van der Waals surface area contributed by atoms with Crippen molar-refractivity contribution >= 4 is 46.2 Å². The summed E-state index contributed by atoms with van der Waals surface area (Å²) >= 11 is 7.63. The Balaban J connectivity index is 1.67. The topological polar surface area (TPSA) is 74.9 Å². The number of amidine groups is 1. The minimum absolute atomic E-state index is 0.248. The number of benzene rings is 3. The summed E-state index contributed by atoms with van der Waals surface area (Å²) < 4.78 is 10.5. The molecule has 0 fully saturated rings. The van der Waals surface area contributed by atoms with Crippen LogP contribution in [0.2, 0.25) is 5.02 Å². The Morgan fingerprint density at radius 1 is 1.06 bits per heavy atom. The maximum Gasteiger partial charge on any atom is 0.283 e. The number of ether oxygens (including phenoxy) is 2. The van der Waals surface area contributed by atoms with Gasteiger partial charge in [-0.25, -0.2) is 4.99 Å². The van der Waals surface area contributed by atoms with Gasteiger partial charge in [0.25, 0.3) is 5.91 Å². The zero-order valence-electron chi connectivity index (χ0n) is 18.5. The first-order valence-electron chi connectivity index (χ1n) is 10.3. The summed E-state index contributed by atoms with van der Waals surface area (Å²) in [6, 6.07) is 22.0. The van der Waals surface area contributed by atoms with Crippen LogP contribution in [0.1, 0.15) is 16.7 Å². The summed E-state index contributed by atoms with van der Waals surface area (Å²) in [5.41, 5.74) is 3.37. The summed E-state index contributed by atoms with van der Waals surface area (Å²) in [4.78, 5) is 19.6. The van der Waals surface area contributed by atoms with E-state index in [1.165, 1.54) is 18.9 Å². The van der Waals surface area contributed by atoms with Gasteiger partial charge in [0.1, 0.15) is 17.2 Å². The minimum Gasteiger partial charge on any atom is -0.497 e. The quantitative estimate of drug-likeness (QED) is 0.402. The van der Waals surface area contributed by atoms with Crippen LogP contribution < -0.4 is 14.4 Å². The molecule has 34 heavy (non-hydrogen) atoms. The van der Waals surface area contributed by atoms with Gasteiger partial charge in [-0.1, -0.05) is 47.6 Å². The third kappa shape index (κ3) is 5.09. The normalized spacial score (nSPS) is 14.2. The molecule has 0 atom stereocenters. The third-order valence-corrected chi connectivity index (χ3v) is 6.41. The SMILES string of the molecule is COc1ccc(/C=C2\N=C(SCc3ccc(C#N)cc3)N(c3ccc(Cl)c(OC)c3)C2=O)cc1. The molecule has 8 heteroatoms. The minimum atomic E-state index is -0.248. The van der Waals surface area contributed by atoms with E-state index < -0.39 is 0 Å². The zero-order valence-corrected chi connectivity index (χ0v) is 20.1. The van der Waals surface area contributed by atoms with E-state index in [-0.39, 0.29) is 5.91 Å². The van der Waals surface area contributed by atoms with Gasteiger partial charge in [0.15, 0.2) is 5.17 Å². The standard InChI is InChI=1S/C26H20ClN3O3S/c1-32-21-10-7-17(8-11-21)13-23-25(31)30(20-9-12-22(27)24(14-20)33-2)26(29-23)34-16-19-5-3-18(15-28)4-6-19/h3-14H,16H2,1-2H3/b23-13-. The largest absolute Gasteiger partial charge is 0.497 e. The molecular weight excluding hydrogens is 470 g/mol. The number of hydrogen-bond acceptors (Lipinski definition) is 6. The predicted octanol–water partition coefficient (Wildman–Crippen LogP) is 5.91. The molecule has 0 saturated carbocycles. The smallest absolute Gasteiger partial charge is 0.283 e. The number of anilines is 1. The van der Waals surface area contributed by atoms with Crippen LogP contribution in [0.3, 0.4) is 0 Å². The highest BCUT2D eigenvalue weighted by Gasteiger charge is 2.32. The van der Waals surface area contributed by atoms with Crippen LogP contribution in [0.15, 0.2) is 77.4 Å². The maximum atomic E-state index is 13.4. The molecule has 3 aromatic rings. The number of halogens is 1. The maximum absolute atomic E-state index is 13.4. The van der Waals surface area contributed by atoms with Crippen LogP contribution in [0, 0.1) is 11.3 Å². The molecule has 1 heterocycles. The van der Waals surface area contributed by atoms with Gasteiger partial charge in [-0.15, -0.1) is 0 Å². The number of thioether (sulfide) groups is 1. The van der Waals surface area contributed by atoms with Gasteiger partial charge < -0.3 is 9.47 Å². The van der Waals surface area contributed by atoms with Gasteiger partial charge in [-0.05, 0) is 53.6 Å². The van der Waals surface area contributed by atoms with Crippen LogP contribution in [0.4, 0.5) is 5.69 Å². The van der Waals surface area contributed by atoms with Gasteiger partial charge in [0, 0.05) is 11.8 Å². The molecule has 0 bridgehead atoms. The van der Waals surface area contributed by atoms with Crippen molar-refractivity contribution in [1.82, 2.24) is 0 Å². The number of nitriles is 1. The van der Waals surface area contributed by atoms with Crippen molar-refractivity contribution in [3.8, 4) is 17.6 Å². The highest BCUT2D eigenvalue weighted by molar-refractivity contribution is 8.13. The summed E-state index contributed by atoms with van der Waals surface area (Å²) in [7, 11) is 3.13. The summed E-state index contributed by atoms with van der Waals surface area (Å²) in [5.74, 6) is 1.53. The fourth-order valence-electron chi connectivity index (χ4n) is 3.29. The van der Waals surface area contributed by atoms with Crippen molar-refractivity contribution in [2.75, 3.05) is 19.1 Å². The molecule has 6 nitrogen and oxygen atoms in total. The molecule has 0 aliphatic carbocycles. The highest BCUT2D eigenvalue weighted by Crippen LogP contribution is 2.35. The van der Waals surface area contributed by atoms with Crippen molar-refractivity contribution in [3.63, 3.8) is 0 Å². The second kappa shape index (κ2) is 10.5. The number of amides is 1. The molecule has 0 unspecified atom stereocenters. The van der Waals surface area contributed by atoms with E-state index in [0.29, 0.717) is 38.6 Å². The fourth-order valence-corrected chi connectivity index (χ4v) is 4.45. The van der Waals surface area contributed by atoms with Gasteiger partial charge in [-0.2, -0.15) is 5.26 Å². The lowest BCUT2D eigenvalue weighted by Gasteiger charge is -2.19. The van der Waals surface area contributed by atoms with E-state index in [1.54, 1.807) is 48.4 Å². The van der Waals surface area contributed by atoms with Crippen LogP contribution in [0.5, 0.6) is 11.5 Å². The highest BCUT2D eigenvalue weighted by atomic mass is 35.5. The van der Waals surface area contributed by atoms with Crippen molar-refractivity contribution in [3.05, 3.63) is 94.1 Å². The van der Waals surface area contributed by atoms with Crippen molar-refractivity contribution in [2.24, 2.45) is 4.99 Å². The summed E-state index contributed by atoms with van der Waals surface area (Å²) in [6.45, 7) is 0. The second-order valence-corrected chi connectivity index (χ2v) is 8.60. The van der Waals surface area contributed by atoms with E-state index in [4.69, 9.17) is 26.3 Å².